The van der Waals surface area contributed by atoms with Gasteiger partial charge in [-0.1, -0.05) is 19.1 Å². The number of hydrogen-bond acceptors (Lipinski definition) is 6. The van der Waals surface area contributed by atoms with Crippen molar-refractivity contribution in [3.05, 3.63) is 41.7 Å². The smallest absolute Gasteiger partial charge is 0.253 e. The van der Waals surface area contributed by atoms with Crippen molar-refractivity contribution < 1.29 is 9.90 Å². The van der Waals surface area contributed by atoms with Crippen LogP contribution in [-0.4, -0.2) is 72.4 Å². The Morgan fingerprint density at radius 3 is 2.76 bits per heavy atom. The maximum atomic E-state index is 12.5. The second-order valence-corrected chi connectivity index (χ2v) is 8.82. The summed E-state index contributed by atoms with van der Waals surface area (Å²) in [6.07, 6.45) is 5.70. The van der Waals surface area contributed by atoms with E-state index < -0.39 is 5.91 Å². The number of carbonyl (C=O) groups is 1. The number of aliphatic imine (C=N–C) groups is 1. The van der Waals surface area contributed by atoms with Crippen LogP contribution in [0, 0.1) is 5.92 Å². The number of anilines is 1. The number of aromatic amines is 1. The number of nitrogens with one attached hydrogen (secondary N) is 1. The number of nitrogens with zero attached hydrogens (tertiary/aromatic N) is 4. The number of amides is 1. The van der Waals surface area contributed by atoms with Gasteiger partial charge in [-0.2, -0.15) is 0 Å². The number of rotatable bonds is 9. The fraction of sp³-hybridized carbons (Fsp3) is 0.400. The first-order valence-electron chi connectivity index (χ1n) is 11.4. The van der Waals surface area contributed by atoms with Gasteiger partial charge in [-0.15, -0.1) is 0 Å². The molecule has 1 aliphatic heterocycles. The van der Waals surface area contributed by atoms with E-state index in [4.69, 9.17) is 10.7 Å². The lowest BCUT2D eigenvalue weighted by Gasteiger charge is -2.28. The van der Waals surface area contributed by atoms with E-state index in [2.05, 4.69) is 40.0 Å². The Morgan fingerprint density at radius 2 is 2.06 bits per heavy atom. The van der Waals surface area contributed by atoms with Gasteiger partial charge < -0.3 is 25.6 Å². The molecule has 1 aliphatic rings. The van der Waals surface area contributed by atoms with Crippen LogP contribution >= 0.6 is 0 Å². The molecule has 0 saturated carbocycles. The summed E-state index contributed by atoms with van der Waals surface area (Å²) in [5.41, 5.74) is 12.3. The van der Waals surface area contributed by atoms with Crippen LogP contribution in [0.2, 0.25) is 0 Å². The molecule has 0 aliphatic carbocycles. The summed E-state index contributed by atoms with van der Waals surface area (Å²) in [6.45, 7) is 3.94. The molecule has 4 rings (SSSR count). The van der Waals surface area contributed by atoms with Crippen LogP contribution in [0.25, 0.3) is 22.2 Å². The zero-order valence-electron chi connectivity index (χ0n) is 19.5. The predicted octanol–water partition coefficient (Wildman–Crippen LogP) is 2.97. The summed E-state index contributed by atoms with van der Waals surface area (Å²) in [5.74, 6) is -0.0502. The van der Waals surface area contributed by atoms with E-state index in [-0.39, 0.29) is 6.61 Å². The largest absolute Gasteiger partial charge is 0.395 e. The number of aliphatic hydroxyl groups is 1. The first-order chi connectivity index (χ1) is 15.9. The first-order valence-corrected chi connectivity index (χ1v) is 11.4. The Kier molecular flexibility index (Phi) is 6.76. The number of aromatic nitrogens is 2. The lowest BCUT2D eigenvalue weighted by atomic mass is 9.91. The third kappa shape index (κ3) is 4.62. The highest BCUT2D eigenvalue weighted by molar-refractivity contribution is 6.13. The molecule has 33 heavy (non-hydrogen) atoms. The third-order valence-corrected chi connectivity index (χ3v) is 6.28. The van der Waals surface area contributed by atoms with Crippen LogP contribution in [0.5, 0.6) is 0 Å². The molecule has 0 fully saturated rings. The van der Waals surface area contributed by atoms with E-state index >= 15 is 0 Å². The molecule has 0 radical (unpaired) electrons. The molecule has 1 unspecified atom stereocenters. The van der Waals surface area contributed by atoms with Crippen LogP contribution < -0.4 is 10.6 Å². The number of likely N-dealkylation sites (N-methyl/N-ethyl adjacent to an activating group) is 1. The van der Waals surface area contributed by atoms with Crippen molar-refractivity contribution in [1.29, 1.82) is 0 Å². The molecule has 1 aromatic heterocycles. The third-order valence-electron chi connectivity index (χ3n) is 6.28. The summed E-state index contributed by atoms with van der Waals surface area (Å²) in [7, 11) is 3.98. The highest BCUT2D eigenvalue weighted by Gasteiger charge is 2.23. The van der Waals surface area contributed by atoms with Gasteiger partial charge in [0.05, 0.1) is 40.9 Å². The molecule has 8 nitrogen and oxygen atoms in total. The standard InChI is InChI=1S/C25H32N6O2/c1-4-16-11-18-6-5-17(12-20(18)27-14-16)19-13-21(31(9-10-32)8-7-30(2)3)22(25(26)33)24-23(19)28-15-29-24/h5-6,12-16,32H,4,7-11H2,1-3H3,(H2,26,33)(H,28,29). The zero-order valence-corrected chi connectivity index (χ0v) is 19.5. The van der Waals surface area contributed by atoms with Gasteiger partial charge in [0.1, 0.15) is 0 Å². The lowest BCUT2D eigenvalue weighted by Crippen LogP contribution is -2.35. The average Bonchev–Trinajstić information content (AvgIpc) is 3.29. The minimum atomic E-state index is -0.528. The summed E-state index contributed by atoms with van der Waals surface area (Å²) >= 11 is 0. The van der Waals surface area contributed by atoms with Crippen LogP contribution in [-0.2, 0) is 6.42 Å². The number of imidazole rings is 1. The average molecular weight is 449 g/mol. The van der Waals surface area contributed by atoms with Gasteiger partial charge in [0.25, 0.3) is 5.91 Å². The minimum absolute atomic E-state index is 0.0336. The highest BCUT2D eigenvalue weighted by Crippen LogP contribution is 2.38. The van der Waals surface area contributed by atoms with Crippen LogP contribution in [0.15, 0.2) is 35.6 Å². The van der Waals surface area contributed by atoms with Gasteiger partial charge in [0, 0.05) is 31.4 Å². The number of benzene rings is 2. The monoisotopic (exact) mass is 448 g/mol. The predicted molar refractivity (Wildman–Crippen MR) is 134 cm³/mol. The van der Waals surface area contributed by atoms with E-state index in [0.717, 1.165) is 36.2 Å². The van der Waals surface area contributed by atoms with Crippen LogP contribution in [0.1, 0.15) is 29.3 Å². The fourth-order valence-electron chi connectivity index (χ4n) is 4.40. The molecule has 1 amide bonds. The molecule has 2 aromatic carbocycles. The molecular weight excluding hydrogens is 416 g/mol. The zero-order chi connectivity index (χ0) is 23.5. The van der Waals surface area contributed by atoms with E-state index in [1.165, 1.54) is 5.56 Å². The molecule has 1 atom stereocenters. The molecule has 2 heterocycles. The van der Waals surface area contributed by atoms with Crippen molar-refractivity contribution in [2.24, 2.45) is 16.6 Å². The van der Waals surface area contributed by atoms with E-state index in [9.17, 15) is 9.90 Å². The number of carbonyl (C=O) groups excluding carboxylic acids is 1. The highest BCUT2D eigenvalue weighted by atomic mass is 16.3. The summed E-state index contributed by atoms with van der Waals surface area (Å²) in [4.78, 5) is 28.9. The Balaban J connectivity index is 1.87. The van der Waals surface area contributed by atoms with Crippen molar-refractivity contribution >= 4 is 34.5 Å². The van der Waals surface area contributed by atoms with Crippen molar-refractivity contribution in [2.45, 2.75) is 19.8 Å². The lowest BCUT2D eigenvalue weighted by molar-refractivity contribution is 0.100. The molecule has 4 N–H and O–H groups in total. The SMILES string of the molecule is CCC1C=Nc2cc(-c3cc(N(CCO)CCN(C)C)c(C(N)=O)c4[nH]cnc34)ccc2C1. The molecule has 3 aromatic rings. The normalized spacial score (nSPS) is 15.2. The van der Waals surface area contributed by atoms with Crippen molar-refractivity contribution in [3.63, 3.8) is 0 Å². The molecule has 0 saturated heterocycles. The minimum Gasteiger partial charge on any atom is -0.395 e. The number of nitrogens with two attached hydrogens (primary N) is 1. The molecule has 0 spiro atoms. The van der Waals surface area contributed by atoms with E-state index in [1.807, 2.05) is 31.3 Å². The Labute approximate surface area is 194 Å². The Hall–Kier alpha value is -3.23. The number of fused-ring (bicyclic) bond motifs is 2. The van der Waals surface area contributed by atoms with Gasteiger partial charge in [-0.25, -0.2) is 4.98 Å². The molecule has 174 valence electrons. The fourth-order valence-corrected chi connectivity index (χ4v) is 4.40. The number of hydrogen-bond donors (Lipinski definition) is 3. The number of aliphatic hydroxyl groups excluding tert-OH is 1. The number of H-pyrrole nitrogens is 1. The van der Waals surface area contributed by atoms with Crippen molar-refractivity contribution in [3.8, 4) is 11.1 Å². The summed E-state index contributed by atoms with van der Waals surface area (Å²) in [5, 5.41) is 9.72. The van der Waals surface area contributed by atoms with Crippen molar-refractivity contribution in [2.75, 3.05) is 45.2 Å². The Morgan fingerprint density at radius 1 is 1.24 bits per heavy atom. The van der Waals surface area contributed by atoms with E-state index in [0.29, 0.717) is 41.3 Å². The summed E-state index contributed by atoms with van der Waals surface area (Å²) in [6, 6.07) is 8.30. The van der Waals surface area contributed by atoms with Gasteiger partial charge >= 0.3 is 0 Å². The molecular formula is C25H32N6O2. The maximum Gasteiger partial charge on any atom is 0.253 e. The van der Waals surface area contributed by atoms with Crippen LogP contribution in [0.4, 0.5) is 11.4 Å². The topological polar surface area (TPSA) is 111 Å². The molecule has 8 heteroatoms. The van der Waals surface area contributed by atoms with Gasteiger partial charge in [0.2, 0.25) is 0 Å². The van der Waals surface area contributed by atoms with Gasteiger partial charge in [0.15, 0.2) is 0 Å². The van der Waals surface area contributed by atoms with E-state index in [1.54, 1.807) is 6.33 Å². The second-order valence-electron chi connectivity index (χ2n) is 8.82. The number of primary amides is 1. The molecule has 0 bridgehead atoms. The van der Waals surface area contributed by atoms with Crippen LogP contribution in [0.3, 0.4) is 0 Å². The quantitative estimate of drug-likeness (QED) is 0.466. The maximum absolute atomic E-state index is 12.5. The Bertz CT molecular complexity index is 1180. The summed E-state index contributed by atoms with van der Waals surface area (Å²) < 4.78 is 0. The second kappa shape index (κ2) is 9.72. The van der Waals surface area contributed by atoms with Crippen molar-refractivity contribution in [1.82, 2.24) is 14.9 Å². The van der Waals surface area contributed by atoms with Gasteiger partial charge in [-0.05, 0) is 56.1 Å². The first kappa shape index (κ1) is 22.9. The van der Waals surface area contributed by atoms with Gasteiger partial charge in [-0.3, -0.25) is 9.79 Å².